The monoisotopic (exact) mass is 267 g/mol. The Kier molecular flexibility index (Phi) is 3.28. The standard InChI is InChI=1S/C14H13N5O/c1-2-19-9-11(8-17-19)7-15-13-5-3-4-12(6-13)14-18-16-10-20-14/h2-6,8-10,15H,1,7H2. The summed E-state index contributed by atoms with van der Waals surface area (Å²) in [5.41, 5.74) is 2.94. The van der Waals surface area contributed by atoms with E-state index in [2.05, 4.69) is 27.2 Å². The molecule has 1 aromatic carbocycles. The Morgan fingerprint density at radius 2 is 2.35 bits per heavy atom. The molecule has 0 saturated heterocycles. The first-order chi connectivity index (χ1) is 9.85. The predicted molar refractivity (Wildman–Crippen MR) is 75.7 cm³/mol. The average Bonchev–Trinajstić information content (AvgIpc) is 3.17. The van der Waals surface area contributed by atoms with Gasteiger partial charge in [-0.05, 0) is 18.2 Å². The van der Waals surface area contributed by atoms with Crippen LogP contribution in [-0.4, -0.2) is 20.0 Å². The molecule has 0 aliphatic carbocycles. The third kappa shape index (κ3) is 2.59. The molecule has 0 saturated carbocycles. The van der Waals surface area contributed by atoms with Crippen molar-refractivity contribution < 1.29 is 4.42 Å². The Bertz CT molecular complexity index is 702. The van der Waals surface area contributed by atoms with Crippen LogP contribution in [0.5, 0.6) is 0 Å². The number of hydrogen-bond donors (Lipinski definition) is 1. The fourth-order valence-electron chi connectivity index (χ4n) is 1.83. The summed E-state index contributed by atoms with van der Waals surface area (Å²) in [7, 11) is 0. The molecule has 0 atom stereocenters. The number of anilines is 1. The number of hydrogen-bond acceptors (Lipinski definition) is 5. The molecule has 0 fully saturated rings. The smallest absolute Gasteiger partial charge is 0.247 e. The lowest BCUT2D eigenvalue weighted by atomic mass is 10.2. The van der Waals surface area contributed by atoms with Crippen LogP contribution < -0.4 is 5.32 Å². The van der Waals surface area contributed by atoms with Crippen LogP contribution >= 0.6 is 0 Å². The molecule has 0 aliphatic rings. The quantitative estimate of drug-likeness (QED) is 0.769. The van der Waals surface area contributed by atoms with Gasteiger partial charge in [0.1, 0.15) is 0 Å². The van der Waals surface area contributed by atoms with Gasteiger partial charge < -0.3 is 9.73 Å². The minimum Gasteiger partial charge on any atom is -0.423 e. The molecule has 20 heavy (non-hydrogen) atoms. The molecule has 0 unspecified atom stereocenters. The van der Waals surface area contributed by atoms with Gasteiger partial charge in [0, 0.05) is 35.8 Å². The second kappa shape index (κ2) is 5.40. The van der Waals surface area contributed by atoms with E-state index in [0.29, 0.717) is 12.4 Å². The molecule has 2 aromatic heterocycles. The number of rotatable bonds is 5. The maximum atomic E-state index is 5.18. The fourth-order valence-corrected chi connectivity index (χ4v) is 1.83. The van der Waals surface area contributed by atoms with Crippen molar-refractivity contribution in [1.82, 2.24) is 20.0 Å². The first-order valence-corrected chi connectivity index (χ1v) is 6.11. The molecule has 6 heteroatoms. The minimum atomic E-state index is 0.508. The van der Waals surface area contributed by atoms with E-state index >= 15 is 0 Å². The van der Waals surface area contributed by atoms with E-state index in [9.17, 15) is 0 Å². The van der Waals surface area contributed by atoms with Crippen molar-refractivity contribution in [3.05, 3.63) is 55.2 Å². The van der Waals surface area contributed by atoms with Crippen LogP contribution in [0.15, 0.2) is 54.0 Å². The zero-order valence-corrected chi connectivity index (χ0v) is 10.7. The highest BCUT2D eigenvalue weighted by Crippen LogP contribution is 2.20. The highest BCUT2D eigenvalue weighted by molar-refractivity contribution is 5.60. The van der Waals surface area contributed by atoms with Gasteiger partial charge in [0.2, 0.25) is 12.3 Å². The van der Waals surface area contributed by atoms with Crippen molar-refractivity contribution in [2.45, 2.75) is 6.54 Å². The summed E-state index contributed by atoms with van der Waals surface area (Å²) >= 11 is 0. The van der Waals surface area contributed by atoms with Gasteiger partial charge in [-0.3, -0.25) is 0 Å². The molecule has 100 valence electrons. The van der Waals surface area contributed by atoms with E-state index in [-0.39, 0.29) is 0 Å². The van der Waals surface area contributed by atoms with Gasteiger partial charge in [-0.25, -0.2) is 4.68 Å². The van der Waals surface area contributed by atoms with Gasteiger partial charge in [0.05, 0.1) is 6.20 Å². The highest BCUT2D eigenvalue weighted by atomic mass is 16.4. The van der Waals surface area contributed by atoms with Crippen molar-refractivity contribution in [1.29, 1.82) is 0 Å². The van der Waals surface area contributed by atoms with E-state index in [1.807, 2.05) is 30.5 Å². The Morgan fingerprint density at radius 1 is 1.40 bits per heavy atom. The Morgan fingerprint density at radius 3 is 3.10 bits per heavy atom. The normalized spacial score (nSPS) is 10.4. The molecule has 3 rings (SSSR count). The largest absolute Gasteiger partial charge is 0.423 e. The molecule has 2 heterocycles. The van der Waals surface area contributed by atoms with E-state index < -0.39 is 0 Å². The number of nitrogens with zero attached hydrogens (tertiary/aromatic N) is 4. The maximum Gasteiger partial charge on any atom is 0.247 e. The molecular weight excluding hydrogens is 254 g/mol. The van der Waals surface area contributed by atoms with Gasteiger partial charge in [-0.2, -0.15) is 5.10 Å². The van der Waals surface area contributed by atoms with Crippen molar-refractivity contribution in [3.63, 3.8) is 0 Å². The minimum absolute atomic E-state index is 0.508. The molecule has 1 N–H and O–H groups in total. The van der Waals surface area contributed by atoms with Gasteiger partial charge in [-0.1, -0.05) is 12.6 Å². The summed E-state index contributed by atoms with van der Waals surface area (Å²) in [5.74, 6) is 0.508. The highest BCUT2D eigenvalue weighted by Gasteiger charge is 2.04. The predicted octanol–water partition coefficient (Wildman–Crippen LogP) is 2.65. The molecule has 3 aromatic rings. The molecule has 0 bridgehead atoms. The van der Waals surface area contributed by atoms with Gasteiger partial charge in [0.25, 0.3) is 0 Å². The second-order valence-corrected chi connectivity index (χ2v) is 4.19. The SMILES string of the molecule is C=Cn1cc(CNc2cccc(-c3nnco3)c2)cn1. The molecule has 0 spiro atoms. The lowest BCUT2D eigenvalue weighted by Gasteiger charge is -2.05. The first-order valence-electron chi connectivity index (χ1n) is 6.11. The molecule has 0 radical (unpaired) electrons. The van der Waals surface area contributed by atoms with Crippen LogP contribution in [-0.2, 0) is 6.54 Å². The summed E-state index contributed by atoms with van der Waals surface area (Å²) in [5, 5.41) is 15.0. The molecule has 0 aliphatic heterocycles. The summed E-state index contributed by atoms with van der Waals surface area (Å²) in [6.07, 6.45) is 6.69. The maximum absolute atomic E-state index is 5.18. The Labute approximate surface area is 115 Å². The van der Waals surface area contributed by atoms with E-state index in [4.69, 9.17) is 4.42 Å². The topological polar surface area (TPSA) is 68.8 Å². The summed E-state index contributed by atoms with van der Waals surface area (Å²) < 4.78 is 6.85. The Balaban J connectivity index is 1.71. The van der Waals surface area contributed by atoms with Gasteiger partial charge in [-0.15, -0.1) is 10.2 Å². The average molecular weight is 267 g/mol. The molecule has 6 nitrogen and oxygen atoms in total. The number of benzene rings is 1. The fraction of sp³-hybridized carbons (Fsp3) is 0.0714. The van der Waals surface area contributed by atoms with Crippen LogP contribution in [0.2, 0.25) is 0 Å². The van der Waals surface area contributed by atoms with Gasteiger partial charge in [0.15, 0.2) is 0 Å². The molecular formula is C14H13N5O. The molecule has 0 amide bonds. The second-order valence-electron chi connectivity index (χ2n) is 4.19. The Hall–Kier alpha value is -2.89. The van der Waals surface area contributed by atoms with Crippen LogP contribution in [0.3, 0.4) is 0 Å². The van der Waals surface area contributed by atoms with Crippen molar-refractivity contribution in [2.75, 3.05) is 5.32 Å². The lowest BCUT2D eigenvalue weighted by molar-refractivity contribution is 0.568. The van der Waals surface area contributed by atoms with Crippen LogP contribution in [0.1, 0.15) is 5.56 Å². The van der Waals surface area contributed by atoms with Crippen LogP contribution in [0, 0.1) is 0 Å². The summed E-state index contributed by atoms with van der Waals surface area (Å²) in [6, 6.07) is 7.81. The summed E-state index contributed by atoms with van der Waals surface area (Å²) in [6.45, 7) is 4.34. The van der Waals surface area contributed by atoms with Crippen LogP contribution in [0.4, 0.5) is 5.69 Å². The number of nitrogens with one attached hydrogen (secondary N) is 1. The lowest BCUT2D eigenvalue weighted by Crippen LogP contribution is -1.98. The third-order valence-corrected chi connectivity index (χ3v) is 2.81. The van der Waals surface area contributed by atoms with Crippen molar-refractivity contribution in [2.24, 2.45) is 0 Å². The van der Waals surface area contributed by atoms with Crippen molar-refractivity contribution >= 4 is 11.9 Å². The zero-order chi connectivity index (χ0) is 13.8. The van der Waals surface area contributed by atoms with E-state index in [1.54, 1.807) is 17.1 Å². The van der Waals surface area contributed by atoms with Crippen molar-refractivity contribution in [3.8, 4) is 11.5 Å². The number of aromatic nitrogens is 4. The van der Waals surface area contributed by atoms with Gasteiger partial charge >= 0.3 is 0 Å². The zero-order valence-electron chi connectivity index (χ0n) is 10.7. The third-order valence-electron chi connectivity index (χ3n) is 2.81. The van der Waals surface area contributed by atoms with Crippen LogP contribution in [0.25, 0.3) is 17.7 Å². The first kappa shape index (κ1) is 12.2. The summed E-state index contributed by atoms with van der Waals surface area (Å²) in [4.78, 5) is 0. The van der Waals surface area contributed by atoms with E-state index in [0.717, 1.165) is 16.8 Å². The van der Waals surface area contributed by atoms with E-state index in [1.165, 1.54) is 6.39 Å².